The maximum Gasteiger partial charge on any atom is 0.220 e. The second-order valence-electron chi connectivity index (χ2n) is 4.51. The average Bonchev–Trinajstić information content (AvgIpc) is 2.45. The summed E-state index contributed by atoms with van der Waals surface area (Å²) < 4.78 is 4.93. The molecular formula is C16H19NO2. The number of nitrogens with one attached hydrogen (secondary N) is 1. The lowest BCUT2D eigenvalue weighted by molar-refractivity contribution is -0.121. The van der Waals surface area contributed by atoms with Gasteiger partial charge in [-0.05, 0) is 22.8 Å². The van der Waals surface area contributed by atoms with Crippen molar-refractivity contribution in [1.82, 2.24) is 5.32 Å². The van der Waals surface area contributed by atoms with E-state index in [1.54, 1.807) is 7.11 Å². The van der Waals surface area contributed by atoms with Crippen LogP contribution in [0.25, 0.3) is 10.8 Å². The first-order valence-electron chi connectivity index (χ1n) is 6.53. The summed E-state index contributed by atoms with van der Waals surface area (Å²) in [6.07, 6.45) is 1.27. The zero-order chi connectivity index (χ0) is 13.5. The standard InChI is InChI=1S/C16H19NO2/c1-19-11-5-10-16(18)17-12-14-8-4-7-13-6-2-3-9-15(13)14/h2-4,6-9H,5,10-12H2,1H3,(H,17,18). The Kier molecular flexibility index (Phi) is 4.93. The van der Waals surface area contributed by atoms with Gasteiger partial charge in [0.05, 0.1) is 0 Å². The summed E-state index contributed by atoms with van der Waals surface area (Å²) >= 11 is 0. The first-order valence-corrected chi connectivity index (χ1v) is 6.53. The first kappa shape index (κ1) is 13.6. The van der Waals surface area contributed by atoms with Gasteiger partial charge in [0, 0.05) is 26.7 Å². The van der Waals surface area contributed by atoms with E-state index in [1.807, 2.05) is 18.2 Å². The fraction of sp³-hybridized carbons (Fsp3) is 0.312. The zero-order valence-electron chi connectivity index (χ0n) is 11.2. The molecule has 0 saturated heterocycles. The number of hydrogen-bond donors (Lipinski definition) is 1. The van der Waals surface area contributed by atoms with Crippen LogP contribution in [-0.4, -0.2) is 19.6 Å². The van der Waals surface area contributed by atoms with E-state index in [2.05, 4.69) is 29.6 Å². The van der Waals surface area contributed by atoms with Crippen LogP contribution in [0.2, 0.25) is 0 Å². The summed E-state index contributed by atoms with van der Waals surface area (Å²) in [6.45, 7) is 1.20. The third-order valence-corrected chi connectivity index (χ3v) is 3.11. The molecule has 100 valence electrons. The van der Waals surface area contributed by atoms with Crippen LogP contribution in [0.15, 0.2) is 42.5 Å². The Labute approximate surface area is 113 Å². The molecule has 0 aliphatic rings. The summed E-state index contributed by atoms with van der Waals surface area (Å²) in [5.41, 5.74) is 1.15. The quantitative estimate of drug-likeness (QED) is 0.808. The minimum Gasteiger partial charge on any atom is -0.385 e. The van der Waals surface area contributed by atoms with Crippen molar-refractivity contribution in [2.75, 3.05) is 13.7 Å². The molecule has 0 aliphatic heterocycles. The lowest BCUT2D eigenvalue weighted by Gasteiger charge is -2.08. The monoisotopic (exact) mass is 257 g/mol. The second kappa shape index (κ2) is 6.90. The van der Waals surface area contributed by atoms with Gasteiger partial charge in [0.15, 0.2) is 0 Å². The van der Waals surface area contributed by atoms with Crippen molar-refractivity contribution in [1.29, 1.82) is 0 Å². The van der Waals surface area contributed by atoms with Crippen molar-refractivity contribution in [2.45, 2.75) is 19.4 Å². The van der Waals surface area contributed by atoms with Gasteiger partial charge in [-0.1, -0.05) is 42.5 Å². The van der Waals surface area contributed by atoms with Crippen molar-refractivity contribution in [3.63, 3.8) is 0 Å². The van der Waals surface area contributed by atoms with Crippen molar-refractivity contribution < 1.29 is 9.53 Å². The predicted molar refractivity (Wildman–Crippen MR) is 76.9 cm³/mol. The van der Waals surface area contributed by atoms with Crippen molar-refractivity contribution in [2.24, 2.45) is 0 Å². The van der Waals surface area contributed by atoms with E-state index in [-0.39, 0.29) is 5.91 Å². The maximum absolute atomic E-state index is 11.7. The molecule has 3 nitrogen and oxygen atoms in total. The lowest BCUT2D eigenvalue weighted by atomic mass is 10.0. The third-order valence-electron chi connectivity index (χ3n) is 3.11. The van der Waals surface area contributed by atoms with Crippen molar-refractivity contribution in [3.8, 4) is 0 Å². The number of ether oxygens (including phenoxy) is 1. The normalized spacial score (nSPS) is 10.6. The number of carbonyl (C=O) groups excluding carboxylic acids is 1. The molecule has 2 aromatic rings. The molecule has 2 rings (SSSR count). The summed E-state index contributed by atoms with van der Waals surface area (Å²) in [4.78, 5) is 11.7. The van der Waals surface area contributed by atoms with Gasteiger partial charge in [0.2, 0.25) is 5.91 Å². The number of fused-ring (bicyclic) bond motifs is 1. The van der Waals surface area contributed by atoms with Gasteiger partial charge in [-0.15, -0.1) is 0 Å². The predicted octanol–water partition coefficient (Wildman–Crippen LogP) is 2.88. The van der Waals surface area contributed by atoms with E-state index in [4.69, 9.17) is 4.74 Å². The molecular weight excluding hydrogens is 238 g/mol. The second-order valence-corrected chi connectivity index (χ2v) is 4.51. The van der Waals surface area contributed by atoms with Crippen LogP contribution in [0.5, 0.6) is 0 Å². The van der Waals surface area contributed by atoms with E-state index in [9.17, 15) is 4.79 Å². The summed E-state index contributed by atoms with van der Waals surface area (Å²) in [7, 11) is 1.65. The highest BCUT2D eigenvalue weighted by atomic mass is 16.5. The van der Waals surface area contributed by atoms with Crippen molar-refractivity contribution in [3.05, 3.63) is 48.0 Å². The number of amides is 1. The summed E-state index contributed by atoms with van der Waals surface area (Å²) in [5, 5.41) is 5.35. The minimum absolute atomic E-state index is 0.0741. The molecule has 0 saturated carbocycles. The smallest absolute Gasteiger partial charge is 0.220 e. The molecule has 0 fully saturated rings. The molecule has 0 heterocycles. The van der Waals surface area contributed by atoms with E-state index in [0.717, 1.165) is 12.0 Å². The van der Waals surface area contributed by atoms with Crippen molar-refractivity contribution >= 4 is 16.7 Å². The number of carbonyl (C=O) groups is 1. The molecule has 0 spiro atoms. The molecule has 0 aromatic heterocycles. The van der Waals surface area contributed by atoms with Crippen LogP contribution in [0.4, 0.5) is 0 Å². The average molecular weight is 257 g/mol. The summed E-state index contributed by atoms with van der Waals surface area (Å²) in [6, 6.07) is 14.4. The van der Waals surface area contributed by atoms with Crippen LogP contribution < -0.4 is 5.32 Å². The molecule has 1 amide bonds. The molecule has 0 unspecified atom stereocenters. The van der Waals surface area contributed by atoms with Gasteiger partial charge >= 0.3 is 0 Å². The highest BCUT2D eigenvalue weighted by Gasteiger charge is 2.03. The van der Waals surface area contributed by atoms with E-state index in [0.29, 0.717) is 19.6 Å². The van der Waals surface area contributed by atoms with E-state index in [1.165, 1.54) is 10.8 Å². The minimum atomic E-state index is 0.0741. The third kappa shape index (κ3) is 3.80. The largest absolute Gasteiger partial charge is 0.385 e. The highest BCUT2D eigenvalue weighted by molar-refractivity contribution is 5.86. The van der Waals surface area contributed by atoms with Gasteiger partial charge in [-0.3, -0.25) is 4.79 Å². The number of methoxy groups -OCH3 is 1. The Morgan fingerprint density at radius 2 is 1.95 bits per heavy atom. The highest BCUT2D eigenvalue weighted by Crippen LogP contribution is 2.18. The van der Waals surface area contributed by atoms with Crippen LogP contribution in [0, 0.1) is 0 Å². The SMILES string of the molecule is COCCCC(=O)NCc1cccc2ccccc12. The number of benzene rings is 2. The van der Waals surface area contributed by atoms with Crippen LogP contribution in [0.1, 0.15) is 18.4 Å². The molecule has 3 heteroatoms. The van der Waals surface area contributed by atoms with E-state index >= 15 is 0 Å². The Morgan fingerprint density at radius 3 is 2.79 bits per heavy atom. The molecule has 19 heavy (non-hydrogen) atoms. The van der Waals surface area contributed by atoms with Gasteiger partial charge in [-0.25, -0.2) is 0 Å². The maximum atomic E-state index is 11.7. The molecule has 0 radical (unpaired) electrons. The Balaban J connectivity index is 1.96. The molecule has 0 bridgehead atoms. The van der Waals surface area contributed by atoms with Crippen LogP contribution in [-0.2, 0) is 16.1 Å². The first-order chi connectivity index (χ1) is 9.31. The molecule has 2 aromatic carbocycles. The van der Waals surface area contributed by atoms with Crippen LogP contribution in [0.3, 0.4) is 0 Å². The van der Waals surface area contributed by atoms with E-state index < -0.39 is 0 Å². The Bertz CT molecular complexity index is 546. The zero-order valence-corrected chi connectivity index (χ0v) is 11.2. The summed E-state index contributed by atoms with van der Waals surface area (Å²) in [5.74, 6) is 0.0741. The van der Waals surface area contributed by atoms with Gasteiger partial charge in [0.1, 0.15) is 0 Å². The van der Waals surface area contributed by atoms with Gasteiger partial charge in [-0.2, -0.15) is 0 Å². The number of hydrogen-bond acceptors (Lipinski definition) is 2. The molecule has 0 aliphatic carbocycles. The molecule has 0 atom stereocenters. The Morgan fingerprint density at radius 1 is 1.16 bits per heavy atom. The van der Waals surface area contributed by atoms with Gasteiger partial charge in [0.25, 0.3) is 0 Å². The fourth-order valence-corrected chi connectivity index (χ4v) is 2.11. The lowest BCUT2D eigenvalue weighted by Crippen LogP contribution is -2.22. The number of rotatable bonds is 6. The van der Waals surface area contributed by atoms with Crippen LogP contribution >= 0.6 is 0 Å². The topological polar surface area (TPSA) is 38.3 Å². The fourth-order valence-electron chi connectivity index (χ4n) is 2.11. The molecule has 1 N–H and O–H groups in total. The Hall–Kier alpha value is -1.87. The van der Waals surface area contributed by atoms with Gasteiger partial charge < -0.3 is 10.1 Å².